The van der Waals surface area contributed by atoms with Crippen LogP contribution in [0.2, 0.25) is 0 Å². The average molecular weight is 333 g/mol. The van der Waals surface area contributed by atoms with E-state index in [-0.39, 0.29) is 5.78 Å². The average Bonchev–Trinajstić information content (AvgIpc) is 2.47. The third-order valence-electron chi connectivity index (χ3n) is 3.12. The Labute approximate surface area is 127 Å². The second-order valence-electron chi connectivity index (χ2n) is 4.59. The van der Waals surface area contributed by atoms with E-state index in [2.05, 4.69) is 32.7 Å². The Morgan fingerprint density at radius 2 is 2.00 bits per heavy atom. The predicted molar refractivity (Wildman–Crippen MR) is 83.7 cm³/mol. The fourth-order valence-corrected chi connectivity index (χ4v) is 2.38. The molecule has 1 aromatic heterocycles. The van der Waals surface area contributed by atoms with Crippen molar-refractivity contribution in [3.8, 4) is 0 Å². The van der Waals surface area contributed by atoms with Crippen molar-refractivity contribution in [3.63, 3.8) is 0 Å². The van der Waals surface area contributed by atoms with Crippen molar-refractivity contribution in [3.05, 3.63) is 64.4 Å². The Bertz CT molecular complexity index is 572. The van der Waals surface area contributed by atoms with Crippen LogP contribution >= 0.6 is 15.9 Å². The van der Waals surface area contributed by atoms with Crippen LogP contribution in [-0.2, 0) is 6.54 Å². The highest BCUT2D eigenvalue weighted by atomic mass is 79.9. The van der Waals surface area contributed by atoms with Crippen LogP contribution in [0.3, 0.4) is 0 Å². The predicted octanol–water partition coefficient (Wildman–Crippen LogP) is 3.55. The highest BCUT2D eigenvalue weighted by molar-refractivity contribution is 9.10. The van der Waals surface area contributed by atoms with Crippen LogP contribution in [0.1, 0.15) is 22.8 Å². The lowest BCUT2D eigenvalue weighted by molar-refractivity contribution is 0.0929. The Hall–Kier alpha value is -1.52. The van der Waals surface area contributed by atoms with Crippen LogP contribution in [0.15, 0.2) is 53.3 Å². The summed E-state index contributed by atoms with van der Waals surface area (Å²) in [4.78, 5) is 18.4. The van der Waals surface area contributed by atoms with Crippen molar-refractivity contribution in [1.82, 2.24) is 9.88 Å². The van der Waals surface area contributed by atoms with Crippen LogP contribution in [0.4, 0.5) is 0 Å². The van der Waals surface area contributed by atoms with Crippen molar-refractivity contribution in [2.75, 3.05) is 13.1 Å². The Kier molecular flexibility index (Phi) is 5.44. The van der Waals surface area contributed by atoms with Gasteiger partial charge in [-0.15, -0.1) is 0 Å². The summed E-state index contributed by atoms with van der Waals surface area (Å²) in [6.07, 6.45) is 3.55. The van der Waals surface area contributed by atoms with Gasteiger partial charge in [0.15, 0.2) is 5.78 Å². The fraction of sp³-hybridized carbons (Fsp3) is 0.250. The molecule has 1 aromatic carbocycles. The molecule has 104 valence electrons. The lowest BCUT2D eigenvalue weighted by atomic mass is 10.1. The van der Waals surface area contributed by atoms with Crippen molar-refractivity contribution < 1.29 is 4.79 Å². The lowest BCUT2D eigenvalue weighted by Gasteiger charge is -2.19. The topological polar surface area (TPSA) is 33.2 Å². The maximum absolute atomic E-state index is 12.3. The molecule has 0 aliphatic heterocycles. The maximum atomic E-state index is 12.3. The molecule has 0 aliphatic rings. The largest absolute Gasteiger partial charge is 0.293 e. The summed E-state index contributed by atoms with van der Waals surface area (Å²) in [5.74, 6) is 0.141. The number of nitrogens with zero attached hydrogens (tertiary/aromatic N) is 2. The van der Waals surface area contributed by atoms with Gasteiger partial charge in [-0.05, 0) is 36.4 Å². The minimum atomic E-state index is 0.141. The SMILES string of the molecule is CCN(CC(=O)c1cccc(Br)c1)Cc1ccncc1. The zero-order valence-electron chi connectivity index (χ0n) is 11.4. The van der Waals surface area contributed by atoms with Gasteiger partial charge in [0.25, 0.3) is 0 Å². The van der Waals surface area contributed by atoms with E-state index in [1.807, 2.05) is 36.4 Å². The first-order valence-electron chi connectivity index (χ1n) is 6.59. The van der Waals surface area contributed by atoms with Gasteiger partial charge in [0.1, 0.15) is 0 Å². The van der Waals surface area contributed by atoms with Crippen LogP contribution in [0, 0.1) is 0 Å². The molecule has 3 nitrogen and oxygen atoms in total. The molecule has 0 saturated heterocycles. The first kappa shape index (κ1) is 14.9. The van der Waals surface area contributed by atoms with Crippen LogP contribution < -0.4 is 0 Å². The van der Waals surface area contributed by atoms with Crippen molar-refractivity contribution in [2.45, 2.75) is 13.5 Å². The molecule has 0 bridgehead atoms. The smallest absolute Gasteiger partial charge is 0.176 e. The summed E-state index contributed by atoms with van der Waals surface area (Å²) in [5, 5.41) is 0. The fourth-order valence-electron chi connectivity index (χ4n) is 1.98. The van der Waals surface area contributed by atoms with E-state index < -0.39 is 0 Å². The van der Waals surface area contributed by atoms with E-state index in [9.17, 15) is 4.79 Å². The van der Waals surface area contributed by atoms with Gasteiger partial charge >= 0.3 is 0 Å². The van der Waals surface area contributed by atoms with E-state index in [4.69, 9.17) is 0 Å². The third-order valence-corrected chi connectivity index (χ3v) is 3.61. The standard InChI is InChI=1S/C16H17BrN2O/c1-2-19(11-13-6-8-18-9-7-13)12-16(20)14-4-3-5-15(17)10-14/h3-10H,2,11-12H2,1H3. The van der Waals surface area contributed by atoms with Crippen LogP contribution in [0.5, 0.6) is 0 Å². The van der Waals surface area contributed by atoms with Gasteiger partial charge in [-0.25, -0.2) is 0 Å². The minimum absolute atomic E-state index is 0.141. The number of carbonyl (C=O) groups is 1. The molecule has 0 saturated carbocycles. The van der Waals surface area contributed by atoms with Crippen LogP contribution in [-0.4, -0.2) is 28.8 Å². The normalized spacial score (nSPS) is 10.8. The zero-order chi connectivity index (χ0) is 14.4. The van der Waals surface area contributed by atoms with Gasteiger partial charge in [-0.3, -0.25) is 14.7 Å². The summed E-state index contributed by atoms with van der Waals surface area (Å²) in [7, 11) is 0. The summed E-state index contributed by atoms with van der Waals surface area (Å²) in [6.45, 7) is 4.09. The number of hydrogen-bond donors (Lipinski definition) is 0. The Morgan fingerprint density at radius 1 is 1.25 bits per heavy atom. The maximum Gasteiger partial charge on any atom is 0.176 e. The van der Waals surface area contributed by atoms with E-state index in [1.54, 1.807) is 12.4 Å². The molecule has 0 N–H and O–H groups in total. The first-order chi connectivity index (χ1) is 9.69. The molecule has 0 aliphatic carbocycles. The van der Waals surface area contributed by atoms with E-state index in [1.165, 1.54) is 5.56 Å². The van der Waals surface area contributed by atoms with Crippen molar-refractivity contribution >= 4 is 21.7 Å². The number of hydrogen-bond acceptors (Lipinski definition) is 3. The number of benzene rings is 1. The molecular weight excluding hydrogens is 316 g/mol. The molecule has 0 fully saturated rings. The summed E-state index contributed by atoms with van der Waals surface area (Å²) >= 11 is 3.39. The number of rotatable bonds is 6. The first-order valence-corrected chi connectivity index (χ1v) is 7.38. The highest BCUT2D eigenvalue weighted by Gasteiger charge is 2.12. The number of pyridine rings is 1. The number of aromatic nitrogens is 1. The lowest BCUT2D eigenvalue weighted by Crippen LogP contribution is -2.29. The molecule has 0 unspecified atom stereocenters. The van der Waals surface area contributed by atoms with E-state index >= 15 is 0 Å². The quantitative estimate of drug-likeness (QED) is 0.758. The molecule has 2 aromatic rings. The summed E-state index contributed by atoms with van der Waals surface area (Å²) < 4.78 is 0.931. The third kappa shape index (κ3) is 4.25. The van der Waals surface area contributed by atoms with Crippen molar-refractivity contribution in [2.24, 2.45) is 0 Å². The number of likely N-dealkylation sites (N-methyl/N-ethyl adjacent to an activating group) is 1. The second-order valence-corrected chi connectivity index (χ2v) is 5.51. The summed E-state index contributed by atoms with van der Waals surface area (Å²) in [6, 6.07) is 11.5. The molecule has 0 atom stereocenters. The Balaban J connectivity index is 2.01. The monoisotopic (exact) mass is 332 g/mol. The Morgan fingerprint density at radius 3 is 2.65 bits per heavy atom. The number of carbonyl (C=O) groups excluding carboxylic acids is 1. The molecule has 20 heavy (non-hydrogen) atoms. The van der Waals surface area contributed by atoms with Gasteiger partial charge < -0.3 is 0 Å². The second kappa shape index (κ2) is 7.31. The van der Waals surface area contributed by atoms with Gasteiger partial charge in [0.05, 0.1) is 6.54 Å². The van der Waals surface area contributed by atoms with E-state index in [0.29, 0.717) is 6.54 Å². The molecule has 0 amide bonds. The van der Waals surface area contributed by atoms with Gasteiger partial charge in [-0.1, -0.05) is 35.0 Å². The molecule has 2 rings (SSSR count). The molecule has 1 heterocycles. The molecule has 4 heteroatoms. The van der Waals surface area contributed by atoms with Gasteiger partial charge in [0.2, 0.25) is 0 Å². The summed E-state index contributed by atoms with van der Waals surface area (Å²) in [5.41, 5.74) is 1.91. The minimum Gasteiger partial charge on any atom is -0.293 e. The van der Waals surface area contributed by atoms with E-state index in [0.717, 1.165) is 23.1 Å². The number of ketones is 1. The van der Waals surface area contributed by atoms with Crippen molar-refractivity contribution in [1.29, 1.82) is 0 Å². The highest BCUT2D eigenvalue weighted by Crippen LogP contribution is 2.13. The molecule has 0 spiro atoms. The van der Waals surface area contributed by atoms with Crippen LogP contribution in [0.25, 0.3) is 0 Å². The number of halogens is 1. The zero-order valence-corrected chi connectivity index (χ0v) is 13.0. The van der Waals surface area contributed by atoms with Gasteiger partial charge in [-0.2, -0.15) is 0 Å². The molecular formula is C16H17BrN2O. The number of Topliss-reactive ketones (excluding diaryl/α,β-unsaturated/α-hetero) is 1. The van der Waals surface area contributed by atoms with Gasteiger partial charge in [0, 0.05) is 29.0 Å². The molecule has 0 radical (unpaired) electrons.